The first kappa shape index (κ1) is 23.8. The molecule has 4 rings (SSSR count). The number of esters is 1. The number of methoxy groups -OCH3 is 1. The number of allylic oxidation sites excluding steroid dienone is 1. The zero-order valence-corrected chi connectivity index (χ0v) is 20.0. The predicted molar refractivity (Wildman–Crippen MR) is 130 cm³/mol. The van der Waals surface area contributed by atoms with Crippen molar-refractivity contribution in [2.75, 3.05) is 7.11 Å². The molecule has 0 radical (unpaired) electrons. The van der Waals surface area contributed by atoms with Gasteiger partial charge in [0.15, 0.2) is 11.6 Å². The number of para-hydroxylation sites is 1. The SMILES string of the molecule is COc1ccc(/C(Cl)=C/C2C(C(=O)OCc3ccc(F)c(Oc4ccccc4)c3)C2(C)C)cc1. The summed E-state index contributed by atoms with van der Waals surface area (Å²) in [5.41, 5.74) is 1.23. The molecule has 4 nitrogen and oxygen atoms in total. The van der Waals surface area contributed by atoms with E-state index < -0.39 is 5.82 Å². The molecule has 0 aromatic heterocycles. The van der Waals surface area contributed by atoms with Crippen LogP contribution in [0.15, 0.2) is 78.9 Å². The van der Waals surface area contributed by atoms with E-state index in [-0.39, 0.29) is 35.6 Å². The van der Waals surface area contributed by atoms with Crippen molar-refractivity contribution in [3.8, 4) is 17.2 Å². The molecule has 1 aliphatic rings. The zero-order valence-electron chi connectivity index (χ0n) is 19.3. The molecule has 0 heterocycles. The first-order chi connectivity index (χ1) is 16.3. The topological polar surface area (TPSA) is 44.8 Å². The molecule has 1 fully saturated rings. The van der Waals surface area contributed by atoms with Gasteiger partial charge in [0.2, 0.25) is 0 Å². The van der Waals surface area contributed by atoms with Crippen molar-refractivity contribution in [3.05, 3.63) is 95.8 Å². The molecule has 0 N–H and O–H groups in total. The predicted octanol–water partition coefficient (Wildman–Crippen LogP) is 7.22. The molecule has 3 aromatic carbocycles. The van der Waals surface area contributed by atoms with E-state index in [1.54, 1.807) is 31.4 Å². The normalized spacial score (nSPS) is 18.8. The number of ether oxygens (including phenoxy) is 3. The van der Waals surface area contributed by atoms with Crippen LogP contribution >= 0.6 is 11.6 Å². The summed E-state index contributed by atoms with van der Waals surface area (Å²) in [5, 5.41) is 0.581. The van der Waals surface area contributed by atoms with Crippen molar-refractivity contribution in [1.82, 2.24) is 0 Å². The van der Waals surface area contributed by atoms with Gasteiger partial charge in [-0.15, -0.1) is 0 Å². The van der Waals surface area contributed by atoms with E-state index in [2.05, 4.69) is 0 Å². The van der Waals surface area contributed by atoms with Crippen LogP contribution in [-0.4, -0.2) is 13.1 Å². The van der Waals surface area contributed by atoms with Crippen LogP contribution in [0.3, 0.4) is 0 Å². The van der Waals surface area contributed by atoms with Crippen LogP contribution in [0.1, 0.15) is 25.0 Å². The van der Waals surface area contributed by atoms with Gasteiger partial charge in [-0.2, -0.15) is 0 Å². The first-order valence-corrected chi connectivity index (χ1v) is 11.4. The van der Waals surface area contributed by atoms with Gasteiger partial charge in [-0.3, -0.25) is 4.79 Å². The molecule has 0 aliphatic heterocycles. The fourth-order valence-electron chi connectivity index (χ4n) is 4.02. The Morgan fingerprint density at radius 1 is 1.03 bits per heavy atom. The quantitative estimate of drug-likeness (QED) is 0.319. The number of carbonyl (C=O) groups excluding carboxylic acids is 1. The van der Waals surface area contributed by atoms with Crippen molar-refractivity contribution in [1.29, 1.82) is 0 Å². The lowest BCUT2D eigenvalue weighted by Gasteiger charge is -2.10. The van der Waals surface area contributed by atoms with E-state index in [1.165, 1.54) is 6.07 Å². The van der Waals surface area contributed by atoms with E-state index >= 15 is 0 Å². The van der Waals surface area contributed by atoms with Gasteiger partial charge >= 0.3 is 5.97 Å². The highest BCUT2D eigenvalue weighted by molar-refractivity contribution is 6.48. The van der Waals surface area contributed by atoms with Crippen LogP contribution in [0, 0.1) is 23.1 Å². The summed E-state index contributed by atoms with van der Waals surface area (Å²) in [6, 6.07) is 20.8. The molecule has 2 atom stereocenters. The van der Waals surface area contributed by atoms with Crippen molar-refractivity contribution in [3.63, 3.8) is 0 Å². The van der Waals surface area contributed by atoms with Crippen LogP contribution in [0.4, 0.5) is 4.39 Å². The van der Waals surface area contributed by atoms with E-state index in [9.17, 15) is 9.18 Å². The third-order valence-corrected chi connectivity index (χ3v) is 6.55. The summed E-state index contributed by atoms with van der Waals surface area (Å²) in [5.74, 6) is 0.220. The van der Waals surface area contributed by atoms with Crippen LogP contribution in [0.2, 0.25) is 0 Å². The second-order valence-corrected chi connectivity index (χ2v) is 9.26. The van der Waals surface area contributed by atoms with E-state index in [4.69, 9.17) is 25.8 Å². The Morgan fingerprint density at radius 3 is 2.41 bits per heavy atom. The fourth-order valence-corrected chi connectivity index (χ4v) is 4.28. The summed E-state index contributed by atoms with van der Waals surface area (Å²) >= 11 is 6.52. The standard InChI is InChI=1S/C28H26ClFO4/c1-28(2)22(16-23(29)19-10-12-20(32-3)13-11-19)26(28)27(31)33-17-18-9-14-24(30)25(15-18)34-21-7-5-4-6-8-21/h4-16,22,26H,17H2,1-3H3/b23-16-. The molecular weight excluding hydrogens is 455 g/mol. The Morgan fingerprint density at radius 2 is 1.74 bits per heavy atom. The summed E-state index contributed by atoms with van der Waals surface area (Å²) in [7, 11) is 1.61. The van der Waals surface area contributed by atoms with Crippen LogP contribution in [0.5, 0.6) is 17.2 Å². The molecule has 0 amide bonds. The van der Waals surface area contributed by atoms with Crippen molar-refractivity contribution in [2.24, 2.45) is 17.3 Å². The van der Waals surface area contributed by atoms with Gasteiger partial charge in [-0.1, -0.05) is 55.8 Å². The molecule has 34 heavy (non-hydrogen) atoms. The molecular formula is C28H26ClFO4. The Balaban J connectivity index is 1.39. The third-order valence-electron chi connectivity index (χ3n) is 6.20. The number of carbonyl (C=O) groups is 1. The monoisotopic (exact) mass is 480 g/mol. The summed E-state index contributed by atoms with van der Waals surface area (Å²) in [4.78, 5) is 12.8. The van der Waals surface area contributed by atoms with Crippen LogP contribution in [-0.2, 0) is 16.1 Å². The molecule has 1 saturated carbocycles. The minimum Gasteiger partial charge on any atom is -0.497 e. The fraction of sp³-hybridized carbons (Fsp3) is 0.250. The Kier molecular flexibility index (Phi) is 6.94. The van der Waals surface area contributed by atoms with E-state index in [0.717, 1.165) is 11.3 Å². The van der Waals surface area contributed by atoms with Crippen LogP contribution < -0.4 is 9.47 Å². The number of hydrogen-bond acceptors (Lipinski definition) is 4. The summed E-state index contributed by atoms with van der Waals surface area (Å²) < 4.78 is 30.6. The molecule has 3 aromatic rings. The minimum atomic E-state index is -0.486. The van der Waals surface area contributed by atoms with E-state index in [1.807, 2.05) is 62.4 Å². The highest BCUT2D eigenvalue weighted by Crippen LogP contribution is 2.60. The molecule has 2 unspecified atom stereocenters. The van der Waals surface area contributed by atoms with Crippen molar-refractivity contribution >= 4 is 22.6 Å². The third kappa shape index (κ3) is 5.26. The second-order valence-electron chi connectivity index (χ2n) is 8.86. The van der Waals surface area contributed by atoms with Crippen LogP contribution in [0.25, 0.3) is 5.03 Å². The maximum atomic E-state index is 14.2. The lowest BCUT2D eigenvalue weighted by Crippen LogP contribution is -2.10. The lowest BCUT2D eigenvalue weighted by atomic mass is 10.1. The number of benzene rings is 3. The van der Waals surface area contributed by atoms with Gasteiger partial charge in [0.1, 0.15) is 18.1 Å². The molecule has 0 bridgehead atoms. The highest BCUT2D eigenvalue weighted by atomic mass is 35.5. The Bertz CT molecular complexity index is 1190. The Hall–Kier alpha value is -3.31. The van der Waals surface area contributed by atoms with Gasteiger partial charge in [-0.05, 0) is 71.0 Å². The molecule has 1 aliphatic carbocycles. The lowest BCUT2D eigenvalue weighted by molar-refractivity contribution is -0.147. The minimum absolute atomic E-state index is 0.0273. The highest BCUT2D eigenvalue weighted by Gasteiger charge is 2.61. The number of rotatable bonds is 8. The first-order valence-electron chi connectivity index (χ1n) is 11.0. The number of halogens is 2. The number of hydrogen-bond donors (Lipinski definition) is 0. The maximum absolute atomic E-state index is 14.2. The average molecular weight is 481 g/mol. The molecule has 0 spiro atoms. The second kappa shape index (κ2) is 9.90. The van der Waals surface area contributed by atoms with Gasteiger partial charge in [0, 0.05) is 5.03 Å². The summed E-state index contributed by atoms with van der Waals surface area (Å²) in [6.07, 6.45) is 1.92. The molecule has 6 heteroatoms. The van der Waals surface area contributed by atoms with Gasteiger partial charge in [-0.25, -0.2) is 4.39 Å². The smallest absolute Gasteiger partial charge is 0.310 e. The van der Waals surface area contributed by atoms with Gasteiger partial charge < -0.3 is 14.2 Å². The molecule has 176 valence electrons. The van der Waals surface area contributed by atoms with E-state index in [0.29, 0.717) is 16.3 Å². The maximum Gasteiger partial charge on any atom is 0.310 e. The largest absolute Gasteiger partial charge is 0.497 e. The van der Waals surface area contributed by atoms with Gasteiger partial charge in [0.05, 0.1) is 13.0 Å². The van der Waals surface area contributed by atoms with Crippen molar-refractivity contribution in [2.45, 2.75) is 20.5 Å². The Labute approximate surface area is 203 Å². The average Bonchev–Trinajstić information content (AvgIpc) is 3.39. The summed E-state index contributed by atoms with van der Waals surface area (Å²) in [6.45, 7) is 4.06. The zero-order chi connectivity index (χ0) is 24.3. The van der Waals surface area contributed by atoms with Crippen molar-refractivity contribution < 1.29 is 23.4 Å². The van der Waals surface area contributed by atoms with Gasteiger partial charge in [0.25, 0.3) is 0 Å². The molecule has 0 saturated heterocycles.